The zero-order valence-corrected chi connectivity index (χ0v) is 13.2. The number of nitrogens with zero attached hydrogens (tertiary/aromatic N) is 2. The predicted octanol–water partition coefficient (Wildman–Crippen LogP) is 2.98. The number of carbonyl (C=O) groups excluding carboxylic acids is 1. The molecule has 1 aliphatic rings. The van der Waals surface area contributed by atoms with E-state index in [1.54, 1.807) is 7.11 Å². The lowest BCUT2D eigenvalue weighted by Gasteiger charge is -2.37. The summed E-state index contributed by atoms with van der Waals surface area (Å²) in [7, 11) is 1.70. The van der Waals surface area contributed by atoms with E-state index in [0.717, 1.165) is 38.8 Å². The van der Waals surface area contributed by atoms with Gasteiger partial charge < -0.3 is 9.64 Å². The molecular weight excluding hydrogens is 252 g/mol. The van der Waals surface area contributed by atoms with Crippen molar-refractivity contribution < 1.29 is 9.53 Å². The van der Waals surface area contributed by atoms with Gasteiger partial charge in [0.25, 0.3) is 0 Å². The van der Waals surface area contributed by atoms with Gasteiger partial charge in [0, 0.05) is 20.2 Å². The highest BCUT2D eigenvalue weighted by molar-refractivity contribution is 5.85. The third-order valence-electron chi connectivity index (χ3n) is 4.19. The standard InChI is InChI=1S/C16H28N2O2/c1-4-8-16(13-17,9-5-2)15(19)18-10-6-7-14(11-18)12-20-3/h14H,4-12H2,1-3H3. The molecule has 0 saturated carbocycles. The van der Waals surface area contributed by atoms with E-state index in [-0.39, 0.29) is 5.91 Å². The summed E-state index contributed by atoms with van der Waals surface area (Å²) in [6.45, 7) is 6.31. The number of ether oxygens (including phenoxy) is 1. The van der Waals surface area contributed by atoms with Crippen molar-refractivity contribution in [1.82, 2.24) is 4.90 Å². The molecule has 1 aliphatic heterocycles. The van der Waals surface area contributed by atoms with Crippen LogP contribution in [-0.2, 0) is 9.53 Å². The predicted molar refractivity (Wildman–Crippen MR) is 79.0 cm³/mol. The van der Waals surface area contributed by atoms with E-state index >= 15 is 0 Å². The second-order valence-electron chi connectivity index (χ2n) is 5.91. The Balaban J connectivity index is 2.80. The second-order valence-corrected chi connectivity index (χ2v) is 5.91. The third kappa shape index (κ3) is 3.96. The van der Waals surface area contributed by atoms with Crippen molar-refractivity contribution in [2.75, 3.05) is 26.8 Å². The Morgan fingerprint density at radius 3 is 2.55 bits per heavy atom. The summed E-state index contributed by atoms with van der Waals surface area (Å²) in [5.41, 5.74) is -0.807. The van der Waals surface area contributed by atoms with Crippen LogP contribution in [0.25, 0.3) is 0 Å². The van der Waals surface area contributed by atoms with Crippen molar-refractivity contribution in [3.63, 3.8) is 0 Å². The summed E-state index contributed by atoms with van der Waals surface area (Å²) in [6.07, 6.45) is 5.20. The Morgan fingerprint density at radius 1 is 1.40 bits per heavy atom. The highest BCUT2D eigenvalue weighted by Gasteiger charge is 2.41. The molecule has 1 unspecified atom stereocenters. The fourth-order valence-corrected chi connectivity index (χ4v) is 3.28. The van der Waals surface area contributed by atoms with E-state index in [4.69, 9.17) is 4.74 Å². The number of likely N-dealkylation sites (tertiary alicyclic amines) is 1. The molecule has 0 aromatic heterocycles. The van der Waals surface area contributed by atoms with Gasteiger partial charge in [0.15, 0.2) is 0 Å². The van der Waals surface area contributed by atoms with Crippen LogP contribution >= 0.6 is 0 Å². The van der Waals surface area contributed by atoms with Crippen molar-refractivity contribution in [1.29, 1.82) is 5.26 Å². The van der Waals surface area contributed by atoms with E-state index in [0.29, 0.717) is 25.4 Å². The number of nitriles is 1. The van der Waals surface area contributed by atoms with Crippen LogP contribution in [0.1, 0.15) is 52.4 Å². The van der Waals surface area contributed by atoms with Crippen LogP contribution in [0.5, 0.6) is 0 Å². The first kappa shape index (κ1) is 17.0. The first-order valence-electron chi connectivity index (χ1n) is 7.83. The second kappa shape index (κ2) is 8.26. The summed E-state index contributed by atoms with van der Waals surface area (Å²) < 4.78 is 5.21. The summed E-state index contributed by atoms with van der Waals surface area (Å²) in [4.78, 5) is 14.7. The lowest BCUT2D eigenvalue weighted by Crippen LogP contribution is -2.48. The average molecular weight is 280 g/mol. The van der Waals surface area contributed by atoms with Crippen molar-refractivity contribution in [3.8, 4) is 6.07 Å². The van der Waals surface area contributed by atoms with Gasteiger partial charge in [-0.05, 0) is 31.6 Å². The van der Waals surface area contributed by atoms with Gasteiger partial charge in [-0.2, -0.15) is 5.26 Å². The van der Waals surface area contributed by atoms with Gasteiger partial charge in [-0.1, -0.05) is 26.7 Å². The highest BCUT2D eigenvalue weighted by atomic mass is 16.5. The molecule has 0 N–H and O–H groups in total. The van der Waals surface area contributed by atoms with Crippen LogP contribution in [0.3, 0.4) is 0 Å². The Labute approximate surface area is 123 Å². The summed E-state index contributed by atoms with van der Waals surface area (Å²) in [5.74, 6) is 0.460. The van der Waals surface area contributed by atoms with Gasteiger partial charge in [-0.3, -0.25) is 4.79 Å². The molecule has 1 heterocycles. The minimum Gasteiger partial charge on any atom is -0.384 e. The van der Waals surface area contributed by atoms with Crippen LogP contribution < -0.4 is 0 Å². The number of methoxy groups -OCH3 is 1. The van der Waals surface area contributed by atoms with Crippen molar-refractivity contribution >= 4 is 5.91 Å². The summed E-state index contributed by atoms with van der Waals surface area (Å²) >= 11 is 0. The monoisotopic (exact) mass is 280 g/mol. The number of amides is 1. The highest BCUT2D eigenvalue weighted by Crippen LogP contribution is 2.33. The van der Waals surface area contributed by atoms with E-state index in [2.05, 4.69) is 6.07 Å². The zero-order chi connectivity index (χ0) is 15.0. The van der Waals surface area contributed by atoms with E-state index in [1.807, 2.05) is 18.7 Å². The third-order valence-corrected chi connectivity index (χ3v) is 4.19. The molecule has 0 spiro atoms. The lowest BCUT2D eigenvalue weighted by atomic mass is 9.78. The molecule has 1 atom stereocenters. The first-order valence-corrected chi connectivity index (χ1v) is 7.83. The molecule has 0 bridgehead atoms. The number of hydrogen-bond acceptors (Lipinski definition) is 3. The van der Waals surface area contributed by atoms with Gasteiger partial charge in [-0.15, -0.1) is 0 Å². The molecule has 1 amide bonds. The van der Waals surface area contributed by atoms with E-state index in [9.17, 15) is 10.1 Å². The summed E-state index contributed by atoms with van der Waals surface area (Å²) in [5, 5.41) is 9.59. The van der Waals surface area contributed by atoms with Crippen molar-refractivity contribution in [2.24, 2.45) is 11.3 Å². The van der Waals surface area contributed by atoms with Crippen LogP contribution in [0.2, 0.25) is 0 Å². The number of carbonyl (C=O) groups is 1. The zero-order valence-electron chi connectivity index (χ0n) is 13.2. The smallest absolute Gasteiger partial charge is 0.243 e. The number of hydrogen-bond donors (Lipinski definition) is 0. The Morgan fingerprint density at radius 2 is 2.05 bits per heavy atom. The molecule has 0 aromatic carbocycles. The molecule has 20 heavy (non-hydrogen) atoms. The van der Waals surface area contributed by atoms with Crippen molar-refractivity contribution in [2.45, 2.75) is 52.4 Å². The average Bonchev–Trinajstić information content (AvgIpc) is 2.47. The number of piperidine rings is 1. The number of rotatable bonds is 7. The minimum atomic E-state index is -0.807. The van der Waals surface area contributed by atoms with Crippen molar-refractivity contribution in [3.05, 3.63) is 0 Å². The molecule has 0 aliphatic carbocycles. The van der Waals surface area contributed by atoms with Gasteiger partial charge in [0.1, 0.15) is 5.41 Å². The van der Waals surface area contributed by atoms with Gasteiger partial charge >= 0.3 is 0 Å². The fourth-order valence-electron chi connectivity index (χ4n) is 3.28. The molecule has 114 valence electrons. The molecule has 1 saturated heterocycles. The van der Waals surface area contributed by atoms with Crippen LogP contribution in [0.15, 0.2) is 0 Å². The Hall–Kier alpha value is -1.08. The quantitative estimate of drug-likeness (QED) is 0.720. The maximum absolute atomic E-state index is 12.8. The molecule has 1 fully saturated rings. The SMILES string of the molecule is CCCC(C#N)(CCC)C(=O)N1CCCC(COC)C1. The lowest BCUT2D eigenvalue weighted by molar-refractivity contribution is -0.142. The van der Waals surface area contributed by atoms with Crippen LogP contribution in [0.4, 0.5) is 0 Å². The maximum atomic E-state index is 12.8. The molecule has 4 heteroatoms. The Kier molecular flexibility index (Phi) is 7.01. The Bertz CT molecular complexity index is 341. The first-order chi connectivity index (χ1) is 9.63. The van der Waals surface area contributed by atoms with Crippen LogP contribution in [-0.4, -0.2) is 37.6 Å². The molecule has 1 rings (SSSR count). The maximum Gasteiger partial charge on any atom is 0.243 e. The normalized spacial score (nSPS) is 19.7. The van der Waals surface area contributed by atoms with Gasteiger partial charge in [-0.25, -0.2) is 0 Å². The fraction of sp³-hybridized carbons (Fsp3) is 0.875. The largest absolute Gasteiger partial charge is 0.384 e. The molecule has 4 nitrogen and oxygen atoms in total. The molecule has 0 radical (unpaired) electrons. The van der Waals surface area contributed by atoms with Crippen LogP contribution in [0, 0.1) is 22.7 Å². The van der Waals surface area contributed by atoms with Gasteiger partial charge in [0.2, 0.25) is 5.91 Å². The molecular formula is C16H28N2O2. The topological polar surface area (TPSA) is 53.3 Å². The molecule has 0 aromatic rings. The minimum absolute atomic E-state index is 0.0458. The van der Waals surface area contributed by atoms with E-state index in [1.165, 1.54) is 0 Å². The summed E-state index contributed by atoms with van der Waals surface area (Å²) in [6, 6.07) is 2.34. The van der Waals surface area contributed by atoms with Gasteiger partial charge in [0.05, 0.1) is 12.7 Å². The van der Waals surface area contributed by atoms with E-state index < -0.39 is 5.41 Å².